The van der Waals surface area contributed by atoms with Gasteiger partial charge in [-0.3, -0.25) is 14.7 Å². The summed E-state index contributed by atoms with van der Waals surface area (Å²) in [5.41, 5.74) is 6.65. The van der Waals surface area contributed by atoms with Crippen molar-refractivity contribution < 1.29 is 24.9 Å². The number of carbonyl (C=O) groups is 1. The summed E-state index contributed by atoms with van der Waals surface area (Å²) in [6, 6.07) is 8.47. The number of amides is 1. The van der Waals surface area contributed by atoms with E-state index in [4.69, 9.17) is 10.5 Å². The number of nitrogens with two attached hydrogens (primary N) is 1. The number of nitrogens with one attached hydrogen (secondary N) is 1. The Morgan fingerprint density at radius 2 is 1.96 bits per heavy atom. The third-order valence-corrected chi connectivity index (χ3v) is 4.54. The molecule has 1 amide bonds. The first-order valence-electron chi connectivity index (χ1n) is 8.48. The quantitative estimate of drug-likeness (QED) is 0.388. The first-order valence-corrected chi connectivity index (χ1v) is 8.48. The molecule has 0 unspecified atom stereocenters. The highest BCUT2D eigenvalue weighted by atomic mass is 16.6. The van der Waals surface area contributed by atoms with Crippen LogP contribution in [0.3, 0.4) is 0 Å². The number of benzene rings is 1. The average Bonchev–Trinajstić information content (AvgIpc) is 3.21. The maximum atomic E-state index is 12.6. The van der Waals surface area contributed by atoms with Gasteiger partial charge in [0.2, 0.25) is 5.95 Å². The summed E-state index contributed by atoms with van der Waals surface area (Å²) in [4.78, 5) is 24.9. The molecule has 3 heterocycles. The fourth-order valence-electron chi connectivity index (χ4n) is 3.11. The molecule has 146 valence electrons. The fraction of sp³-hybridized carbons (Fsp3) is 0.294. The number of aliphatic hydroxyl groups is 3. The molecular weight excluding hydrogens is 368 g/mol. The molecular formula is C17H18N6O5. The fourth-order valence-corrected chi connectivity index (χ4v) is 3.11. The standard InChI is InChI=1S/C17H18N6O5/c18-13-10-14(20-7-19-13)23(16-12(26)11(25)9(6-24)28-16)17(21-10)22-15(27)8-4-2-1-3-5-8/h1-5,7,9,11-12,16,24-26H,6H2,(H2,18,19,20)(H,21,22,27)/t9-,11-,12-,16-/m1/s1. The molecule has 1 saturated heterocycles. The van der Waals surface area contributed by atoms with Crippen LogP contribution in [0.1, 0.15) is 16.6 Å². The number of aliphatic hydroxyl groups excluding tert-OH is 3. The lowest BCUT2D eigenvalue weighted by Crippen LogP contribution is -2.33. The molecule has 2 aromatic heterocycles. The van der Waals surface area contributed by atoms with Crippen LogP contribution in [0, 0.1) is 0 Å². The zero-order valence-electron chi connectivity index (χ0n) is 14.5. The Bertz CT molecular complexity index is 1010. The lowest BCUT2D eigenvalue weighted by molar-refractivity contribution is -0.0501. The highest BCUT2D eigenvalue weighted by Gasteiger charge is 2.45. The molecule has 0 spiro atoms. The number of nitrogens with zero attached hydrogens (tertiary/aromatic N) is 4. The first kappa shape index (κ1) is 18.3. The Balaban J connectivity index is 1.79. The SMILES string of the molecule is Nc1ncnc2c1nc(NC(=O)c1ccccc1)n2[C@@H]1O[C@H](CO)[C@@H](O)[C@H]1O. The monoisotopic (exact) mass is 386 g/mol. The van der Waals surface area contributed by atoms with Crippen LogP contribution in [0.2, 0.25) is 0 Å². The zero-order valence-corrected chi connectivity index (χ0v) is 14.5. The lowest BCUT2D eigenvalue weighted by atomic mass is 10.1. The van der Waals surface area contributed by atoms with E-state index in [2.05, 4.69) is 20.3 Å². The molecule has 1 aliphatic heterocycles. The maximum absolute atomic E-state index is 12.6. The van der Waals surface area contributed by atoms with Gasteiger partial charge in [-0.2, -0.15) is 0 Å². The van der Waals surface area contributed by atoms with Crippen molar-refractivity contribution in [2.45, 2.75) is 24.5 Å². The number of hydrogen-bond donors (Lipinski definition) is 5. The first-order chi connectivity index (χ1) is 13.5. The minimum Gasteiger partial charge on any atom is -0.394 e. The van der Waals surface area contributed by atoms with Gasteiger partial charge in [0.05, 0.1) is 6.61 Å². The highest BCUT2D eigenvalue weighted by molar-refractivity contribution is 6.04. The van der Waals surface area contributed by atoms with Crippen molar-refractivity contribution in [2.75, 3.05) is 17.7 Å². The number of hydrogen-bond acceptors (Lipinski definition) is 9. The molecule has 0 radical (unpaired) electrons. The Morgan fingerprint density at radius 1 is 1.21 bits per heavy atom. The number of fused-ring (bicyclic) bond motifs is 1. The summed E-state index contributed by atoms with van der Waals surface area (Å²) in [6.45, 7) is -0.496. The predicted octanol–water partition coefficient (Wildman–Crippen LogP) is -0.728. The molecule has 6 N–H and O–H groups in total. The largest absolute Gasteiger partial charge is 0.394 e. The summed E-state index contributed by atoms with van der Waals surface area (Å²) in [6.07, 6.45) is -3.67. The number of anilines is 2. The molecule has 28 heavy (non-hydrogen) atoms. The van der Waals surface area contributed by atoms with Gasteiger partial charge in [-0.15, -0.1) is 0 Å². The zero-order chi connectivity index (χ0) is 19.8. The second-order valence-electron chi connectivity index (χ2n) is 6.29. The number of aromatic nitrogens is 4. The van der Waals surface area contributed by atoms with E-state index in [1.165, 1.54) is 10.9 Å². The van der Waals surface area contributed by atoms with Gasteiger partial charge < -0.3 is 25.8 Å². The van der Waals surface area contributed by atoms with Gasteiger partial charge in [-0.05, 0) is 12.1 Å². The molecule has 0 saturated carbocycles. The van der Waals surface area contributed by atoms with Crippen molar-refractivity contribution in [3.05, 3.63) is 42.2 Å². The van der Waals surface area contributed by atoms with Crippen molar-refractivity contribution in [3.63, 3.8) is 0 Å². The van der Waals surface area contributed by atoms with Gasteiger partial charge in [0.25, 0.3) is 5.91 Å². The van der Waals surface area contributed by atoms with E-state index >= 15 is 0 Å². The van der Waals surface area contributed by atoms with Gasteiger partial charge >= 0.3 is 0 Å². The van der Waals surface area contributed by atoms with E-state index in [9.17, 15) is 20.1 Å². The maximum Gasteiger partial charge on any atom is 0.257 e. The van der Waals surface area contributed by atoms with Gasteiger partial charge in [-0.25, -0.2) is 15.0 Å². The summed E-state index contributed by atoms with van der Waals surface area (Å²) in [5, 5.41) is 32.5. The molecule has 4 atom stereocenters. The molecule has 0 bridgehead atoms. The Morgan fingerprint density at radius 3 is 2.64 bits per heavy atom. The molecule has 4 rings (SSSR count). The predicted molar refractivity (Wildman–Crippen MR) is 97.1 cm³/mol. The van der Waals surface area contributed by atoms with E-state index in [0.29, 0.717) is 5.56 Å². The number of imidazole rings is 1. The van der Waals surface area contributed by atoms with Crippen LogP contribution < -0.4 is 11.1 Å². The normalized spacial score (nSPS) is 24.5. The molecule has 1 aromatic carbocycles. The molecule has 1 fully saturated rings. The topological polar surface area (TPSA) is 169 Å². The smallest absolute Gasteiger partial charge is 0.257 e. The summed E-state index contributed by atoms with van der Waals surface area (Å²) in [5.74, 6) is -0.368. The summed E-state index contributed by atoms with van der Waals surface area (Å²) >= 11 is 0. The Hall–Kier alpha value is -3.12. The summed E-state index contributed by atoms with van der Waals surface area (Å²) in [7, 11) is 0. The van der Waals surface area contributed by atoms with Crippen molar-refractivity contribution in [3.8, 4) is 0 Å². The van der Waals surface area contributed by atoms with Crippen LogP contribution >= 0.6 is 0 Å². The minimum absolute atomic E-state index is 0.00546. The van der Waals surface area contributed by atoms with E-state index in [-0.39, 0.29) is 22.9 Å². The van der Waals surface area contributed by atoms with Crippen LogP contribution in [-0.2, 0) is 4.74 Å². The molecule has 1 aliphatic rings. The van der Waals surface area contributed by atoms with E-state index in [0.717, 1.165) is 0 Å². The number of rotatable bonds is 4. The van der Waals surface area contributed by atoms with Crippen molar-refractivity contribution in [1.29, 1.82) is 0 Å². The van der Waals surface area contributed by atoms with Gasteiger partial charge in [0, 0.05) is 5.56 Å². The van der Waals surface area contributed by atoms with Crippen molar-refractivity contribution in [2.24, 2.45) is 0 Å². The van der Waals surface area contributed by atoms with Crippen molar-refractivity contribution in [1.82, 2.24) is 19.5 Å². The third-order valence-electron chi connectivity index (χ3n) is 4.54. The van der Waals surface area contributed by atoms with Crippen LogP contribution in [-0.4, -0.2) is 65.7 Å². The Labute approximate surface area is 158 Å². The van der Waals surface area contributed by atoms with E-state index < -0.39 is 37.1 Å². The second kappa shape index (κ2) is 7.13. The van der Waals surface area contributed by atoms with Crippen LogP contribution in [0.25, 0.3) is 11.2 Å². The highest BCUT2D eigenvalue weighted by Crippen LogP contribution is 2.35. The number of carbonyl (C=O) groups excluding carboxylic acids is 1. The van der Waals surface area contributed by atoms with Crippen molar-refractivity contribution >= 4 is 28.8 Å². The van der Waals surface area contributed by atoms with E-state index in [1.54, 1.807) is 30.3 Å². The molecule has 11 heteroatoms. The minimum atomic E-state index is -1.39. The van der Waals surface area contributed by atoms with Gasteiger partial charge in [-0.1, -0.05) is 18.2 Å². The van der Waals surface area contributed by atoms with Crippen LogP contribution in [0.5, 0.6) is 0 Å². The molecule has 0 aliphatic carbocycles. The summed E-state index contributed by atoms with van der Waals surface area (Å²) < 4.78 is 6.89. The molecule has 3 aromatic rings. The second-order valence-corrected chi connectivity index (χ2v) is 6.29. The van der Waals surface area contributed by atoms with E-state index in [1.807, 2.05) is 0 Å². The molecule has 11 nitrogen and oxygen atoms in total. The number of ether oxygens (including phenoxy) is 1. The van der Waals surface area contributed by atoms with Crippen LogP contribution in [0.4, 0.5) is 11.8 Å². The van der Waals surface area contributed by atoms with Crippen LogP contribution in [0.15, 0.2) is 36.7 Å². The van der Waals surface area contributed by atoms with Gasteiger partial charge in [0.1, 0.15) is 24.6 Å². The number of nitrogen functional groups attached to an aromatic ring is 1. The lowest BCUT2D eigenvalue weighted by Gasteiger charge is -2.19. The average molecular weight is 386 g/mol. The van der Waals surface area contributed by atoms with Gasteiger partial charge in [0.15, 0.2) is 23.2 Å². The Kier molecular flexibility index (Phi) is 4.65. The third kappa shape index (κ3) is 2.96.